The van der Waals surface area contributed by atoms with Crippen LogP contribution in [-0.2, 0) is 16.8 Å². The Hall–Kier alpha value is -0.450. The van der Waals surface area contributed by atoms with Crippen molar-refractivity contribution in [3.63, 3.8) is 0 Å². The molecule has 1 atom stereocenters. The first-order valence-corrected chi connectivity index (χ1v) is 7.68. The first-order chi connectivity index (χ1) is 8.58. The molecule has 0 radical (unpaired) electrons. The van der Waals surface area contributed by atoms with E-state index in [9.17, 15) is 0 Å². The molecule has 102 valence electrons. The summed E-state index contributed by atoms with van der Waals surface area (Å²) >= 11 is 1.85. The van der Waals surface area contributed by atoms with Crippen LogP contribution in [0.15, 0.2) is 0 Å². The van der Waals surface area contributed by atoms with Crippen molar-refractivity contribution in [1.82, 2.24) is 10.3 Å². The number of hydrogen-bond donors (Lipinski definition) is 1. The Balaban J connectivity index is 2.26. The molecule has 1 aromatic heterocycles. The van der Waals surface area contributed by atoms with E-state index in [0.29, 0.717) is 5.92 Å². The third-order valence-corrected chi connectivity index (χ3v) is 4.98. The van der Waals surface area contributed by atoms with Crippen molar-refractivity contribution in [2.24, 2.45) is 0 Å². The predicted octanol–water partition coefficient (Wildman–Crippen LogP) is 3.05. The molecule has 0 saturated carbocycles. The van der Waals surface area contributed by atoms with E-state index in [1.807, 2.05) is 25.3 Å². The SMILES string of the molecule is CCOC(C)(C)c1nc2c(s1)CCCC2CNC. The Labute approximate surface area is 114 Å². The first-order valence-electron chi connectivity index (χ1n) is 6.87. The smallest absolute Gasteiger partial charge is 0.125 e. The number of fused-ring (bicyclic) bond motifs is 1. The van der Waals surface area contributed by atoms with Gasteiger partial charge in [0.05, 0.1) is 5.69 Å². The van der Waals surface area contributed by atoms with Gasteiger partial charge in [-0.25, -0.2) is 4.98 Å². The van der Waals surface area contributed by atoms with E-state index in [4.69, 9.17) is 9.72 Å². The number of nitrogens with zero attached hydrogens (tertiary/aromatic N) is 1. The maximum atomic E-state index is 5.82. The molecule has 1 aromatic rings. The average Bonchev–Trinajstić information content (AvgIpc) is 2.75. The third kappa shape index (κ3) is 2.76. The lowest BCUT2D eigenvalue weighted by Crippen LogP contribution is -2.23. The number of ether oxygens (including phenoxy) is 1. The molecule has 0 aromatic carbocycles. The molecule has 0 amide bonds. The van der Waals surface area contributed by atoms with Crippen molar-refractivity contribution < 1.29 is 4.74 Å². The van der Waals surface area contributed by atoms with Gasteiger partial charge in [0, 0.05) is 23.9 Å². The fourth-order valence-electron chi connectivity index (χ4n) is 2.63. The van der Waals surface area contributed by atoms with Gasteiger partial charge in [0.25, 0.3) is 0 Å². The molecule has 18 heavy (non-hydrogen) atoms. The summed E-state index contributed by atoms with van der Waals surface area (Å²) in [5.74, 6) is 0.584. The fraction of sp³-hybridized carbons (Fsp3) is 0.786. The Kier molecular flexibility index (Phi) is 4.41. The van der Waals surface area contributed by atoms with Crippen molar-refractivity contribution in [2.45, 2.75) is 51.6 Å². The molecule has 0 fully saturated rings. The van der Waals surface area contributed by atoms with E-state index in [0.717, 1.165) is 18.2 Å². The molecule has 3 nitrogen and oxygen atoms in total. The van der Waals surface area contributed by atoms with Gasteiger partial charge in [0.1, 0.15) is 10.6 Å². The molecule has 1 heterocycles. The lowest BCUT2D eigenvalue weighted by atomic mass is 9.91. The van der Waals surface area contributed by atoms with Crippen LogP contribution in [0.1, 0.15) is 55.1 Å². The monoisotopic (exact) mass is 268 g/mol. The molecule has 0 aliphatic heterocycles. The third-order valence-electron chi connectivity index (χ3n) is 3.54. The van der Waals surface area contributed by atoms with Crippen LogP contribution in [-0.4, -0.2) is 25.2 Å². The minimum atomic E-state index is -0.249. The molecule has 1 aliphatic carbocycles. The Bertz CT molecular complexity index is 400. The number of nitrogens with one attached hydrogen (secondary N) is 1. The summed E-state index contributed by atoms with van der Waals surface area (Å²) in [5.41, 5.74) is 1.07. The molecule has 4 heteroatoms. The van der Waals surface area contributed by atoms with Gasteiger partial charge in [-0.3, -0.25) is 0 Å². The van der Waals surface area contributed by atoms with Crippen molar-refractivity contribution in [2.75, 3.05) is 20.2 Å². The fourth-order valence-corrected chi connectivity index (χ4v) is 3.88. The van der Waals surface area contributed by atoms with Gasteiger partial charge < -0.3 is 10.1 Å². The summed E-state index contributed by atoms with van der Waals surface area (Å²) in [6.45, 7) is 8.04. The number of likely N-dealkylation sites (N-methyl/N-ethyl adjacent to an activating group) is 1. The minimum absolute atomic E-state index is 0.249. The van der Waals surface area contributed by atoms with Gasteiger partial charge >= 0.3 is 0 Å². The van der Waals surface area contributed by atoms with Gasteiger partial charge in [0.15, 0.2) is 0 Å². The highest BCUT2D eigenvalue weighted by Crippen LogP contribution is 2.38. The lowest BCUT2D eigenvalue weighted by Gasteiger charge is -2.22. The zero-order valence-electron chi connectivity index (χ0n) is 11.9. The molecule has 1 unspecified atom stereocenters. The van der Waals surface area contributed by atoms with Crippen LogP contribution >= 0.6 is 11.3 Å². The average molecular weight is 268 g/mol. The van der Waals surface area contributed by atoms with Crippen LogP contribution in [0, 0.1) is 0 Å². The number of rotatable bonds is 5. The largest absolute Gasteiger partial charge is 0.369 e. The number of hydrogen-bond acceptors (Lipinski definition) is 4. The topological polar surface area (TPSA) is 34.1 Å². The molecular weight excluding hydrogens is 244 g/mol. The summed E-state index contributed by atoms with van der Waals surface area (Å²) in [7, 11) is 2.02. The standard InChI is InChI=1S/C14H24N2OS/c1-5-17-14(2,3)13-16-12-10(9-15-4)7-6-8-11(12)18-13/h10,15H,5-9H2,1-4H3. The van der Waals surface area contributed by atoms with Crippen LogP contribution in [0.25, 0.3) is 0 Å². The van der Waals surface area contributed by atoms with Gasteiger partial charge in [-0.1, -0.05) is 0 Å². The van der Waals surface area contributed by atoms with E-state index >= 15 is 0 Å². The van der Waals surface area contributed by atoms with Crippen molar-refractivity contribution >= 4 is 11.3 Å². The maximum absolute atomic E-state index is 5.82. The van der Waals surface area contributed by atoms with Crippen LogP contribution in [0.3, 0.4) is 0 Å². The Morgan fingerprint density at radius 1 is 1.50 bits per heavy atom. The highest BCUT2D eigenvalue weighted by Gasteiger charge is 2.30. The molecule has 0 bridgehead atoms. The first kappa shape index (κ1) is 14.0. The number of aromatic nitrogens is 1. The van der Waals surface area contributed by atoms with E-state index in [1.165, 1.54) is 29.8 Å². The molecule has 2 rings (SSSR count). The highest BCUT2D eigenvalue weighted by molar-refractivity contribution is 7.11. The zero-order chi connectivity index (χ0) is 13.2. The summed E-state index contributed by atoms with van der Waals surface area (Å²) in [6.07, 6.45) is 3.73. The van der Waals surface area contributed by atoms with Gasteiger partial charge in [0.2, 0.25) is 0 Å². The Morgan fingerprint density at radius 2 is 2.28 bits per heavy atom. The van der Waals surface area contributed by atoms with Crippen LogP contribution in [0.2, 0.25) is 0 Å². The van der Waals surface area contributed by atoms with E-state index in [2.05, 4.69) is 19.2 Å². The normalized spacial score (nSPS) is 19.9. The quantitative estimate of drug-likeness (QED) is 0.891. The highest BCUT2D eigenvalue weighted by atomic mass is 32.1. The van der Waals surface area contributed by atoms with Gasteiger partial charge in [-0.15, -0.1) is 11.3 Å². The van der Waals surface area contributed by atoms with E-state index < -0.39 is 0 Å². The number of aryl methyl sites for hydroxylation is 1. The van der Waals surface area contributed by atoms with Crippen molar-refractivity contribution in [1.29, 1.82) is 0 Å². The summed E-state index contributed by atoms with van der Waals surface area (Å²) < 4.78 is 5.82. The second-order valence-electron chi connectivity index (χ2n) is 5.42. The molecular formula is C14H24N2OS. The van der Waals surface area contributed by atoms with Crippen molar-refractivity contribution in [3.05, 3.63) is 15.6 Å². The number of thiazole rings is 1. The molecule has 0 spiro atoms. The molecule has 1 N–H and O–H groups in total. The zero-order valence-corrected chi connectivity index (χ0v) is 12.7. The van der Waals surface area contributed by atoms with Crippen LogP contribution < -0.4 is 5.32 Å². The van der Waals surface area contributed by atoms with Gasteiger partial charge in [-0.2, -0.15) is 0 Å². The minimum Gasteiger partial charge on any atom is -0.369 e. The second-order valence-corrected chi connectivity index (χ2v) is 6.50. The van der Waals surface area contributed by atoms with Gasteiger partial charge in [-0.05, 0) is 47.1 Å². The van der Waals surface area contributed by atoms with Crippen LogP contribution in [0.5, 0.6) is 0 Å². The summed E-state index contributed by atoms with van der Waals surface area (Å²) in [5, 5.41) is 4.42. The second kappa shape index (κ2) is 5.68. The summed E-state index contributed by atoms with van der Waals surface area (Å²) in [6, 6.07) is 0. The van der Waals surface area contributed by atoms with E-state index in [-0.39, 0.29) is 5.60 Å². The lowest BCUT2D eigenvalue weighted by molar-refractivity contribution is -0.0142. The van der Waals surface area contributed by atoms with Crippen LogP contribution in [0.4, 0.5) is 0 Å². The maximum Gasteiger partial charge on any atom is 0.125 e. The Morgan fingerprint density at radius 3 is 2.94 bits per heavy atom. The molecule has 0 saturated heterocycles. The predicted molar refractivity (Wildman–Crippen MR) is 76.4 cm³/mol. The van der Waals surface area contributed by atoms with Crippen molar-refractivity contribution in [3.8, 4) is 0 Å². The van der Waals surface area contributed by atoms with E-state index in [1.54, 1.807) is 0 Å². The molecule has 1 aliphatic rings. The summed E-state index contributed by atoms with van der Waals surface area (Å²) in [4.78, 5) is 6.37.